The number of rotatable bonds is 3. The van der Waals surface area contributed by atoms with E-state index in [4.69, 9.17) is 5.73 Å². The van der Waals surface area contributed by atoms with E-state index in [2.05, 4.69) is 73.0 Å². The zero-order chi connectivity index (χ0) is 13.9. The van der Waals surface area contributed by atoms with Crippen LogP contribution in [0.15, 0.2) is 71.6 Å². The van der Waals surface area contributed by atoms with Gasteiger partial charge in [-0.25, -0.2) is 0 Å². The van der Waals surface area contributed by atoms with Crippen molar-refractivity contribution in [3.05, 3.63) is 77.9 Å². The van der Waals surface area contributed by atoms with E-state index in [1.807, 2.05) is 0 Å². The SMILES string of the molecule is CSc1ccccc1C(N)c1cccc2ccccc12. The van der Waals surface area contributed by atoms with Crippen LogP contribution in [0.5, 0.6) is 0 Å². The van der Waals surface area contributed by atoms with Gasteiger partial charge in [0.05, 0.1) is 6.04 Å². The van der Waals surface area contributed by atoms with Gasteiger partial charge >= 0.3 is 0 Å². The molecule has 3 rings (SSSR count). The first-order valence-corrected chi connectivity index (χ1v) is 7.90. The summed E-state index contributed by atoms with van der Waals surface area (Å²) >= 11 is 1.74. The standard InChI is InChI=1S/C18H17NS/c1-20-17-12-5-4-10-16(17)18(19)15-11-6-8-13-7-2-3-9-14(13)15/h2-12,18H,19H2,1H3. The monoisotopic (exact) mass is 279 g/mol. The summed E-state index contributed by atoms with van der Waals surface area (Å²) in [5.41, 5.74) is 8.92. The van der Waals surface area contributed by atoms with Crippen molar-refractivity contribution in [2.45, 2.75) is 10.9 Å². The van der Waals surface area contributed by atoms with Gasteiger partial charge in [0.2, 0.25) is 0 Å². The van der Waals surface area contributed by atoms with Gasteiger partial charge in [0, 0.05) is 4.90 Å². The van der Waals surface area contributed by atoms with Gasteiger partial charge in [0.15, 0.2) is 0 Å². The highest BCUT2D eigenvalue weighted by molar-refractivity contribution is 7.98. The second-order valence-electron chi connectivity index (χ2n) is 4.79. The molecule has 0 spiro atoms. The van der Waals surface area contributed by atoms with Crippen molar-refractivity contribution in [1.29, 1.82) is 0 Å². The molecule has 0 aromatic heterocycles. The van der Waals surface area contributed by atoms with E-state index in [9.17, 15) is 0 Å². The lowest BCUT2D eigenvalue weighted by molar-refractivity contribution is 0.856. The zero-order valence-electron chi connectivity index (χ0n) is 11.4. The van der Waals surface area contributed by atoms with Gasteiger partial charge in [0.1, 0.15) is 0 Å². The lowest BCUT2D eigenvalue weighted by Gasteiger charge is -2.17. The molecule has 100 valence electrons. The molecule has 3 aromatic rings. The number of hydrogen-bond donors (Lipinski definition) is 1. The third-order valence-corrected chi connectivity index (χ3v) is 4.44. The molecule has 2 N–H and O–H groups in total. The highest BCUT2D eigenvalue weighted by Crippen LogP contribution is 2.32. The quantitative estimate of drug-likeness (QED) is 0.708. The molecule has 1 unspecified atom stereocenters. The molecule has 0 saturated heterocycles. The Kier molecular flexibility index (Phi) is 3.77. The Morgan fingerprint density at radius 3 is 2.30 bits per heavy atom. The van der Waals surface area contributed by atoms with E-state index in [-0.39, 0.29) is 6.04 Å². The van der Waals surface area contributed by atoms with Crippen LogP contribution in [0.3, 0.4) is 0 Å². The summed E-state index contributed by atoms with van der Waals surface area (Å²) in [7, 11) is 0. The smallest absolute Gasteiger partial charge is 0.0568 e. The Labute approximate surface area is 123 Å². The van der Waals surface area contributed by atoms with Crippen LogP contribution in [0, 0.1) is 0 Å². The minimum atomic E-state index is -0.0928. The summed E-state index contributed by atoms with van der Waals surface area (Å²) in [5, 5.41) is 2.47. The van der Waals surface area contributed by atoms with Gasteiger partial charge in [-0.2, -0.15) is 0 Å². The van der Waals surface area contributed by atoms with Crippen LogP contribution in [-0.4, -0.2) is 6.26 Å². The highest BCUT2D eigenvalue weighted by Gasteiger charge is 2.14. The summed E-state index contributed by atoms with van der Waals surface area (Å²) in [5.74, 6) is 0. The lowest BCUT2D eigenvalue weighted by Crippen LogP contribution is -2.13. The first-order valence-electron chi connectivity index (χ1n) is 6.67. The van der Waals surface area contributed by atoms with Crippen LogP contribution >= 0.6 is 11.8 Å². The van der Waals surface area contributed by atoms with E-state index in [1.54, 1.807) is 11.8 Å². The molecule has 0 saturated carbocycles. The minimum Gasteiger partial charge on any atom is -0.320 e. The Morgan fingerprint density at radius 1 is 0.800 bits per heavy atom. The Morgan fingerprint density at radius 2 is 1.45 bits per heavy atom. The predicted octanol–water partition coefficient (Wildman–Crippen LogP) is 4.61. The minimum absolute atomic E-state index is 0.0928. The van der Waals surface area contributed by atoms with Crippen molar-refractivity contribution < 1.29 is 0 Å². The van der Waals surface area contributed by atoms with E-state index in [0.717, 1.165) is 0 Å². The maximum Gasteiger partial charge on any atom is 0.0568 e. The first kappa shape index (κ1) is 13.2. The van der Waals surface area contributed by atoms with Gasteiger partial charge < -0.3 is 5.73 Å². The van der Waals surface area contributed by atoms with Gasteiger partial charge in [-0.05, 0) is 34.2 Å². The fraction of sp³-hybridized carbons (Fsp3) is 0.111. The molecule has 3 aromatic carbocycles. The van der Waals surface area contributed by atoms with E-state index >= 15 is 0 Å². The maximum absolute atomic E-state index is 6.55. The summed E-state index contributed by atoms with van der Waals surface area (Å²) in [6.07, 6.45) is 2.09. The molecule has 1 nitrogen and oxygen atoms in total. The Bertz CT molecular complexity index is 731. The van der Waals surface area contributed by atoms with Crippen molar-refractivity contribution >= 4 is 22.5 Å². The average Bonchev–Trinajstić information content (AvgIpc) is 2.53. The van der Waals surface area contributed by atoms with Gasteiger partial charge in [-0.15, -0.1) is 11.8 Å². The summed E-state index contributed by atoms with van der Waals surface area (Å²) in [6.45, 7) is 0. The van der Waals surface area contributed by atoms with Crippen LogP contribution in [0.4, 0.5) is 0 Å². The molecule has 0 aliphatic rings. The maximum atomic E-state index is 6.55. The van der Waals surface area contributed by atoms with E-state index in [1.165, 1.54) is 26.8 Å². The third kappa shape index (κ3) is 2.33. The van der Waals surface area contributed by atoms with E-state index < -0.39 is 0 Å². The topological polar surface area (TPSA) is 26.0 Å². The van der Waals surface area contributed by atoms with Crippen LogP contribution in [0.2, 0.25) is 0 Å². The van der Waals surface area contributed by atoms with Crippen molar-refractivity contribution in [3.63, 3.8) is 0 Å². The molecule has 0 aliphatic heterocycles. The predicted molar refractivity (Wildman–Crippen MR) is 88.2 cm³/mol. The average molecular weight is 279 g/mol. The second kappa shape index (κ2) is 5.70. The molecule has 2 heteroatoms. The fourth-order valence-corrected chi connectivity index (χ4v) is 3.26. The molecule has 0 fully saturated rings. The molecule has 0 radical (unpaired) electrons. The number of thioether (sulfide) groups is 1. The third-order valence-electron chi connectivity index (χ3n) is 3.63. The molecular weight excluding hydrogens is 262 g/mol. The Balaban J connectivity index is 2.15. The lowest BCUT2D eigenvalue weighted by atomic mass is 9.94. The highest BCUT2D eigenvalue weighted by atomic mass is 32.2. The van der Waals surface area contributed by atoms with E-state index in [0.29, 0.717) is 0 Å². The molecule has 1 atom stereocenters. The van der Waals surface area contributed by atoms with Crippen LogP contribution in [-0.2, 0) is 0 Å². The number of nitrogens with two attached hydrogens (primary N) is 1. The summed E-state index contributed by atoms with van der Waals surface area (Å²) in [6, 6.07) is 23.0. The first-order chi connectivity index (χ1) is 9.81. The van der Waals surface area contributed by atoms with Crippen LogP contribution < -0.4 is 5.73 Å². The van der Waals surface area contributed by atoms with Gasteiger partial charge in [-0.3, -0.25) is 0 Å². The normalized spacial score (nSPS) is 12.5. The molecular formula is C18H17NS. The molecule has 0 amide bonds. The number of benzene rings is 3. The number of hydrogen-bond acceptors (Lipinski definition) is 2. The fourth-order valence-electron chi connectivity index (χ4n) is 2.61. The molecule has 0 bridgehead atoms. The second-order valence-corrected chi connectivity index (χ2v) is 5.64. The molecule has 0 aliphatic carbocycles. The Hall–Kier alpha value is -1.77. The summed E-state index contributed by atoms with van der Waals surface area (Å²) in [4.78, 5) is 1.24. The van der Waals surface area contributed by atoms with Crippen molar-refractivity contribution in [3.8, 4) is 0 Å². The van der Waals surface area contributed by atoms with Crippen molar-refractivity contribution in [2.75, 3.05) is 6.26 Å². The van der Waals surface area contributed by atoms with Gasteiger partial charge in [-0.1, -0.05) is 60.7 Å². The largest absolute Gasteiger partial charge is 0.320 e. The van der Waals surface area contributed by atoms with Crippen LogP contribution in [0.1, 0.15) is 17.2 Å². The van der Waals surface area contributed by atoms with Gasteiger partial charge in [0.25, 0.3) is 0 Å². The molecule has 20 heavy (non-hydrogen) atoms. The van der Waals surface area contributed by atoms with Crippen LogP contribution in [0.25, 0.3) is 10.8 Å². The molecule has 0 heterocycles. The van der Waals surface area contributed by atoms with Crippen molar-refractivity contribution in [1.82, 2.24) is 0 Å². The summed E-state index contributed by atoms with van der Waals surface area (Å²) < 4.78 is 0. The van der Waals surface area contributed by atoms with Crippen molar-refractivity contribution in [2.24, 2.45) is 5.73 Å². The zero-order valence-corrected chi connectivity index (χ0v) is 12.2. The number of fused-ring (bicyclic) bond motifs is 1.